The quantitative estimate of drug-likeness (QED) is 0.401. The number of halogens is 2. The Hall–Kier alpha value is -3.21. The molecular weight excluding hydrogens is 392 g/mol. The minimum atomic E-state index is -0.227. The Morgan fingerprint density at radius 3 is 2.65 bits per heavy atom. The van der Waals surface area contributed by atoms with E-state index in [1.807, 2.05) is 18.3 Å². The number of anilines is 1. The lowest BCUT2D eigenvalue weighted by Crippen LogP contribution is -2.35. The molecule has 1 aliphatic heterocycles. The van der Waals surface area contributed by atoms with E-state index in [1.165, 1.54) is 17.7 Å². The molecule has 0 amide bonds. The number of benzene rings is 2. The van der Waals surface area contributed by atoms with Crippen LogP contribution in [0.4, 0.5) is 14.6 Å². The predicted molar refractivity (Wildman–Crippen MR) is 121 cm³/mol. The summed E-state index contributed by atoms with van der Waals surface area (Å²) in [6, 6.07) is 14.0. The van der Waals surface area contributed by atoms with Crippen LogP contribution >= 0.6 is 0 Å². The Bertz CT molecular complexity index is 1290. The number of hydrogen-bond donors (Lipinski definition) is 0. The SMILES string of the molecule is Cc1c(C)n(Cc2cccc(F)c2)c2c(N3CCc4cc(F)ccc4C3C)nccc12. The van der Waals surface area contributed by atoms with Crippen LogP contribution in [0.1, 0.15) is 40.9 Å². The molecule has 4 aromatic rings. The van der Waals surface area contributed by atoms with Crippen LogP contribution in [-0.4, -0.2) is 16.1 Å². The van der Waals surface area contributed by atoms with E-state index in [-0.39, 0.29) is 17.7 Å². The van der Waals surface area contributed by atoms with E-state index in [2.05, 4.69) is 36.3 Å². The maximum atomic E-state index is 13.8. The lowest BCUT2D eigenvalue weighted by atomic mass is 9.93. The van der Waals surface area contributed by atoms with Crippen molar-refractivity contribution < 1.29 is 8.78 Å². The van der Waals surface area contributed by atoms with Gasteiger partial charge in [0.15, 0.2) is 5.82 Å². The lowest BCUT2D eigenvalue weighted by molar-refractivity contribution is 0.594. The second kappa shape index (κ2) is 7.49. The number of nitrogens with zero attached hydrogens (tertiary/aromatic N) is 3. The van der Waals surface area contributed by atoms with Crippen molar-refractivity contribution in [3.05, 3.63) is 94.3 Å². The molecule has 0 aliphatic carbocycles. The first-order valence-corrected chi connectivity index (χ1v) is 10.7. The van der Waals surface area contributed by atoms with Crippen molar-refractivity contribution in [2.24, 2.45) is 0 Å². The molecule has 1 atom stereocenters. The minimum Gasteiger partial charge on any atom is -0.348 e. The first-order valence-electron chi connectivity index (χ1n) is 10.7. The molecule has 0 saturated heterocycles. The Morgan fingerprint density at radius 2 is 1.84 bits per heavy atom. The van der Waals surface area contributed by atoms with Gasteiger partial charge in [0, 0.05) is 30.4 Å². The molecule has 0 saturated carbocycles. The summed E-state index contributed by atoms with van der Waals surface area (Å²) in [7, 11) is 0. The first-order chi connectivity index (χ1) is 14.9. The van der Waals surface area contributed by atoms with E-state index in [9.17, 15) is 8.78 Å². The predicted octanol–water partition coefficient (Wildman–Crippen LogP) is 6.10. The van der Waals surface area contributed by atoms with Crippen LogP contribution in [-0.2, 0) is 13.0 Å². The Kier molecular flexibility index (Phi) is 4.77. The van der Waals surface area contributed by atoms with Crippen LogP contribution in [0.5, 0.6) is 0 Å². The van der Waals surface area contributed by atoms with Gasteiger partial charge >= 0.3 is 0 Å². The zero-order valence-electron chi connectivity index (χ0n) is 18.0. The zero-order valence-corrected chi connectivity index (χ0v) is 18.0. The van der Waals surface area contributed by atoms with E-state index >= 15 is 0 Å². The molecule has 2 aromatic carbocycles. The molecule has 0 bridgehead atoms. The fourth-order valence-electron chi connectivity index (χ4n) is 4.89. The molecule has 0 radical (unpaired) electrons. The summed E-state index contributed by atoms with van der Waals surface area (Å²) in [5, 5.41) is 1.16. The Balaban J connectivity index is 1.64. The average Bonchev–Trinajstić information content (AvgIpc) is 2.99. The minimum absolute atomic E-state index is 0.0839. The maximum Gasteiger partial charge on any atom is 0.153 e. The van der Waals surface area contributed by atoms with Gasteiger partial charge in [0.2, 0.25) is 0 Å². The molecule has 0 spiro atoms. The molecule has 3 heterocycles. The fraction of sp³-hybridized carbons (Fsp3) is 0.269. The van der Waals surface area contributed by atoms with Crippen molar-refractivity contribution in [2.75, 3.05) is 11.4 Å². The average molecular weight is 418 g/mol. The maximum absolute atomic E-state index is 13.8. The van der Waals surface area contributed by atoms with Gasteiger partial charge in [-0.3, -0.25) is 0 Å². The smallest absolute Gasteiger partial charge is 0.153 e. The molecule has 5 rings (SSSR count). The van der Waals surface area contributed by atoms with Crippen LogP contribution in [0.15, 0.2) is 54.7 Å². The summed E-state index contributed by atoms with van der Waals surface area (Å²) in [6.45, 7) is 7.73. The number of pyridine rings is 1. The first kappa shape index (κ1) is 19.7. The standard InChI is InChI=1S/C26H25F2N3/c1-16-17(2)31(15-19-5-4-6-21(27)13-19)25-23(16)9-11-29-26(25)30-12-10-20-14-22(28)7-8-24(20)18(30)3/h4-9,11,13-14,18H,10,12,15H2,1-3H3. The molecule has 1 unspecified atom stereocenters. The van der Waals surface area contributed by atoms with Gasteiger partial charge < -0.3 is 9.47 Å². The molecule has 5 heteroatoms. The van der Waals surface area contributed by atoms with Crippen LogP contribution in [0.3, 0.4) is 0 Å². The summed E-state index contributed by atoms with van der Waals surface area (Å²) in [5.41, 5.74) is 6.56. The van der Waals surface area contributed by atoms with Gasteiger partial charge in [0.25, 0.3) is 0 Å². The third-order valence-electron chi connectivity index (χ3n) is 6.67. The van der Waals surface area contributed by atoms with Crippen molar-refractivity contribution in [1.82, 2.24) is 9.55 Å². The molecule has 2 aromatic heterocycles. The van der Waals surface area contributed by atoms with Crippen LogP contribution in [0, 0.1) is 25.5 Å². The highest BCUT2D eigenvalue weighted by atomic mass is 19.1. The van der Waals surface area contributed by atoms with E-state index in [0.717, 1.165) is 52.1 Å². The Morgan fingerprint density at radius 1 is 1.03 bits per heavy atom. The van der Waals surface area contributed by atoms with Crippen molar-refractivity contribution in [2.45, 2.75) is 39.8 Å². The third-order valence-corrected chi connectivity index (χ3v) is 6.67. The summed E-state index contributed by atoms with van der Waals surface area (Å²) in [4.78, 5) is 7.11. The van der Waals surface area contributed by atoms with Crippen molar-refractivity contribution >= 4 is 16.7 Å². The summed E-state index contributed by atoms with van der Waals surface area (Å²) in [6.07, 6.45) is 2.64. The van der Waals surface area contributed by atoms with Crippen LogP contribution in [0.25, 0.3) is 10.9 Å². The molecule has 1 aliphatic rings. The monoisotopic (exact) mass is 417 g/mol. The van der Waals surface area contributed by atoms with Crippen molar-refractivity contribution in [3.63, 3.8) is 0 Å². The second-order valence-corrected chi connectivity index (χ2v) is 8.42. The number of aryl methyl sites for hydroxylation is 1. The largest absolute Gasteiger partial charge is 0.348 e. The van der Waals surface area contributed by atoms with Crippen LogP contribution < -0.4 is 4.90 Å². The number of aromatic nitrogens is 2. The highest BCUT2D eigenvalue weighted by molar-refractivity contribution is 5.94. The highest BCUT2D eigenvalue weighted by Crippen LogP contribution is 2.38. The summed E-state index contributed by atoms with van der Waals surface area (Å²) < 4.78 is 29.8. The lowest BCUT2D eigenvalue weighted by Gasteiger charge is -2.36. The summed E-state index contributed by atoms with van der Waals surface area (Å²) >= 11 is 0. The molecular formula is C26H25F2N3. The zero-order chi connectivity index (χ0) is 21.7. The van der Waals surface area contributed by atoms with Gasteiger partial charge in [-0.05, 0) is 79.8 Å². The second-order valence-electron chi connectivity index (χ2n) is 8.42. The summed E-state index contributed by atoms with van der Waals surface area (Å²) in [5.74, 6) is 0.512. The number of fused-ring (bicyclic) bond motifs is 2. The van der Waals surface area contributed by atoms with E-state index in [1.54, 1.807) is 18.2 Å². The van der Waals surface area contributed by atoms with Gasteiger partial charge in [-0.2, -0.15) is 0 Å². The Labute approximate surface area is 181 Å². The normalized spacial score (nSPS) is 16.0. The molecule has 158 valence electrons. The van der Waals surface area contributed by atoms with E-state index in [4.69, 9.17) is 4.98 Å². The number of hydrogen-bond acceptors (Lipinski definition) is 2. The molecule has 0 fully saturated rings. The van der Waals surface area contributed by atoms with Gasteiger partial charge in [0.05, 0.1) is 11.6 Å². The van der Waals surface area contributed by atoms with E-state index in [0.29, 0.717) is 6.54 Å². The van der Waals surface area contributed by atoms with Gasteiger partial charge in [-0.1, -0.05) is 18.2 Å². The molecule has 3 nitrogen and oxygen atoms in total. The molecule has 31 heavy (non-hydrogen) atoms. The highest BCUT2D eigenvalue weighted by Gasteiger charge is 2.28. The third kappa shape index (κ3) is 3.29. The van der Waals surface area contributed by atoms with Crippen molar-refractivity contribution in [3.8, 4) is 0 Å². The van der Waals surface area contributed by atoms with Crippen LogP contribution in [0.2, 0.25) is 0 Å². The number of rotatable bonds is 3. The van der Waals surface area contributed by atoms with Crippen molar-refractivity contribution in [1.29, 1.82) is 0 Å². The van der Waals surface area contributed by atoms with Gasteiger partial charge in [0.1, 0.15) is 11.6 Å². The van der Waals surface area contributed by atoms with Gasteiger partial charge in [-0.25, -0.2) is 13.8 Å². The van der Waals surface area contributed by atoms with E-state index < -0.39 is 0 Å². The van der Waals surface area contributed by atoms with Gasteiger partial charge in [-0.15, -0.1) is 0 Å². The molecule has 0 N–H and O–H groups in total. The topological polar surface area (TPSA) is 21.1 Å². The fourth-order valence-corrected chi connectivity index (χ4v) is 4.89.